The Morgan fingerprint density at radius 3 is 2.75 bits per heavy atom. The summed E-state index contributed by atoms with van der Waals surface area (Å²) in [4.78, 5) is 0. The van der Waals surface area contributed by atoms with Crippen LogP contribution in [0.3, 0.4) is 0 Å². The van der Waals surface area contributed by atoms with Crippen LogP contribution in [0.5, 0.6) is 5.75 Å². The van der Waals surface area contributed by atoms with E-state index < -0.39 is 10.3 Å². The van der Waals surface area contributed by atoms with Crippen LogP contribution in [0.1, 0.15) is 75.0 Å². The molecule has 0 aliphatic heterocycles. The van der Waals surface area contributed by atoms with E-state index in [4.69, 9.17) is 15.7 Å². The molecule has 0 saturated heterocycles. The highest BCUT2D eigenvalue weighted by Gasteiger charge is 2.54. The van der Waals surface area contributed by atoms with Gasteiger partial charge in [-0.3, -0.25) is 0 Å². The number of benzene rings is 1. The van der Waals surface area contributed by atoms with Crippen molar-refractivity contribution in [2.45, 2.75) is 71.1 Å². The molecule has 2 fully saturated rings. The van der Waals surface area contributed by atoms with Crippen LogP contribution in [0.2, 0.25) is 0 Å². The molecule has 0 amide bonds. The lowest BCUT2D eigenvalue weighted by atomic mass is 9.54. The summed E-state index contributed by atoms with van der Waals surface area (Å²) in [5, 5.41) is 5.12. The monoisotopic (exact) mass is 401 g/mol. The number of fused-ring (bicyclic) bond motifs is 5. The Kier molecular flexibility index (Phi) is 5.00. The first-order chi connectivity index (χ1) is 13.3. The molecule has 0 radical (unpaired) electrons. The molecule has 0 aromatic heterocycles. The SMILES string of the molecule is C#CC[C@H]1CC[C@H]2[C@@H]3CCc4cc(OS(N)(=O)=O)c(CC)cc4[C@H]3CC[C@]12C. The van der Waals surface area contributed by atoms with Gasteiger partial charge in [-0.25, -0.2) is 0 Å². The van der Waals surface area contributed by atoms with Gasteiger partial charge in [0.25, 0.3) is 0 Å². The van der Waals surface area contributed by atoms with E-state index in [1.807, 2.05) is 13.0 Å². The summed E-state index contributed by atoms with van der Waals surface area (Å²) < 4.78 is 28.0. The fourth-order valence-electron chi connectivity index (χ4n) is 6.71. The summed E-state index contributed by atoms with van der Waals surface area (Å²) in [5.74, 6) is 6.03. The fourth-order valence-corrected chi connectivity index (χ4v) is 7.12. The van der Waals surface area contributed by atoms with Crippen LogP contribution in [0.15, 0.2) is 12.1 Å². The van der Waals surface area contributed by atoms with Gasteiger partial charge in [0, 0.05) is 6.42 Å². The Balaban J connectivity index is 1.67. The maximum Gasteiger partial charge on any atom is 0.380 e. The highest BCUT2D eigenvalue weighted by Crippen LogP contribution is 2.63. The summed E-state index contributed by atoms with van der Waals surface area (Å²) in [7, 11) is -4.01. The Hall–Kier alpha value is -1.51. The number of rotatable bonds is 4. The second-order valence-electron chi connectivity index (χ2n) is 9.23. The second kappa shape index (κ2) is 7.07. The van der Waals surface area contributed by atoms with Gasteiger partial charge in [0.2, 0.25) is 0 Å². The second-order valence-corrected chi connectivity index (χ2v) is 10.4. The van der Waals surface area contributed by atoms with Crippen LogP contribution in [0.4, 0.5) is 0 Å². The summed E-state index contributed by atoms with van der Waals surface area (Å²) in [5.41, 5.74) is 3.96. The van der Waals surface area contributed by atoms with Crippen molar-refractivity contribution in [2.75, 3.05) is 0 Å². The third-order valence-corrected chi connectivity index (χ3v) is 8.47. The third-order valence-electron chi connectivity index (χ3n) is 8.05. The lowest BCUT2D eigenvalue weighted by Crippen LogP contribution is -2.42. The molecule has 3 aliphatic rings. The van der Waals surface area contributed by atoms with Gasteiger partial charge >= 0.3 is 10.3 Å². The van der Waals surface area contributed by atoms with Gasteiger partial charge < -0.3 is 4.18 Å². The molecule has 4 rings (SSSR count). The van der Waals surface area contributed by atoms with Crippen LogP contribution in [0.25, 0.3) is 0 Å². The molecule has 5 atom stereocenters. The smallest absolute Gasteiger partial charge is 0.371 e. The number of hydrogen-bond donors (Lipinski definition) is 1. The van der Waals surface area contributed by atoms with Crippen molar-refractivity contribution in [3.63, 3.8) is 0 Å². The average molecular weight is 402 g/mol. The molecule has 1 aromatic carbocycles. The van der Waals surface area contributed by atoms with Crippen LogP contribution in [-0.2, 0) is 23.1 Å². The molecule has 152 valence electrons. The molecule has 28 heavy (non-hydrogen) atoms. The average Bonchev–Trinajstić information content (AvgIpc) is 2.96. The standard InChI is InChI=1S/C23H31NO3S/c1-4-6-17-8-10-21-19-9-7-16-14-22(27-28(24,25)26)15(5-2)13-20(16)18(19)11-12-23(17,21)3/h1,13-14,17-19,21H,5-12H2,2-3H3,(H2,24,25,26)/t17-,18-,19+,21-,23+/m0/s1. The number of nitrogens with two attached hydrogens (primary N) is 1. The maximum absolute atomic E-state index is 11.5. The van der Waals surface area contributed by atoms with E-state index in [9.17, 15) is 8.42 Å². The summed E-state index contributed by atoms with van der Waals surface area (Å²) in [6.45, 7) is 4.51. The quantitative estimate of drug-likeness (QED) is 0.764. The highest BCUT2D eigenvalue weighted by atomic mass is 32.2. The summed E-state index contributed by atoms with van der Waals surface area (Å²) in [6, 6.07) is 4.13. The predicted molar refractivity (Wildman–Crippen MR) is 111 cm³/mol. The maximum atomic E-state index is 11.5. The third kappa shape index (κ3) is 3.25. The first-order valence-corrected chi connectivity index (χ1v) is 12.0. The Morgan fingerprint density at radius 2 is 2.07 bits per heavy atom. The van der Waals surface area contributed by atoms with Crippen molar-refractivity contribution in [2.24, 2.45) is 28.3 Å². The van der Waals surface area contributed by atoms with Crippen LogP contribution < -0.4 is 9.32 Å². The number of aryl methyl sites for hydroxylation is 2. The first-order valence-electron chi connectivity index (χ1n) is 10.6. The first kappa shape index (κ1) is 19.8. The van der Waals surface area contributed by atoms with E-state index in [0.717, 1.165) is 30.7 Å². The Morgan fingerprint density at radius 1 is 1.29 bits per heavy atom. The largest absolute Gasteiger partial charge is 0.380 e. The van der Waals surface area contributed by atoms with Crippen molar-refractivity contribution in [3.8, 4) is 18.1 Å². The van der Waals surface area contributed by atoms with Crippen molar-refractivity contribution in [3.05, 3.63) is 28.8 Å². The normalized spacial score (nSPS) is 34.1. The van der Waals surface area contributed by atoms with Crippen LogP contribution >= 0.6 is 0 Å². The highest BCUT2D eigenvalue weighted by molar-refractivity contribution is 7.84. The molecule has 2 saturated carbocycles. The van der Waals surface area contributed by atoms with Gasteiger partial charge in [-0.1, -0.05) is 19.9 Å². The van der Waals surface area contributed by atoms with E-state index in [0.29, 0.717) is 28.9 Å². The molecule has 0 bridgehead atoms. The van der Waals surface area contributed by atoms with Crippen molar-refractivity contribution < 1.29 is 12.6 Å². The van der Waals surface area contributed by atoms with Crippen LogP contribution in [0, 0.1) is 35.5 Å². The van der Waals surface area contributed by atoms with Gasteiger partial charge in [-0.2, -0.15) is 13.6 Å². The minimum atomic E-state index is -4.01. The summed E-state index contributed by atoms with van der Waals surface area (Å²) >= 11 is 0. The Bertz CT molecular complexity index is 917. The Labute approximate surface area is 169 Å². The lowest BCUT2D eigenvalue weighted by molar-refractivity contribution is 0.0298. The zero-order valence-electron chi connectivity index (χ0n) is 16.9. The zero-order valence-corrected chi connectivity index (χ0v) is 17.7. The zero-order chi connectivity index (χ0) is 20.1. The van der Waals surface area contributed by atoms with E-state index in [2.05, 4.69) is 18.9 Å². The van der Waals surface area contributed by atoms with Gasteiger partial charge in [0.05, 0.1) is 0 Å². The van der Waals surface area contributed by atoms with Gasteiger partial charge in [0.15, 0.2) is 0 Å². The topological polar surface area (TPSA) is 69.4 Å². The molecule has 0 unspecified atom stereocenters. The molecule has 5 heteroatoms. The van der Waals surface area contributed by atoms with E-state index in [-0.39, 0.29) is 0 Å². The molecule has 3 aliphatic carbocycles. The van der Waals surface area contributed by atoms with E-state index in [1.54, 1.807) is 0 Å². The molecule has 2 N–H and O–H groups in total. The minimum absolute atomic E-state index is 0.384. The van der Waals surface area contributed by atoms with Gasteiger partial charge in [-0.15, -0.1) is 12.3 Å². The molecular formula is C23H31NO3S. The molecular weight excluding hydrogens is 370 g/mol. The van der Waals surface area contributed by atoms with Crippen LogP contribution in [-0.4, -0.2) is 8.42 Å². The van der Waals surface area contributed by atoms with Crippen molar-refractivity contribution in [1.82, 2.24) is 0 Å². The van der Waals surface area contributed by atoms with E-state index in [1.165, 1.54) is 43.2 Å². The van der Waals surface area contributed by atoms with Gasteiger partial charge in [-0.05, 0) is 96.8 Å². The predicted octanol–water partition coefficient (Wildman–Crippen LogP) is 4.33. The summed E-state index contributed by atoms with van der Waals surface area (Å²) in [6.07, 6.45) is 14.4. The van der Waals surface area contributed by atoms with E-state index >= 15 is 0 Å². The number of hydrogen-bond acceptors (Lipinski definition) is 3. The minimum Gasteiger partial charge on any atom is -0.371 e. The van der Waals surface area contributed by atoms with Crippen molar-refractivity contribution in [1.29, 1.82) is 0 Å². The fraction of sp³-hybridized carbons (Fsp3) is 0.652. The lowest BCUT2D eigenvalue weighted by Gasteiger charge is -2.51. The molecule has 0 heterocycles. The van der Waals surface area contributed by atoms with Crippen molar-refractivity contribution >= 4 is 10.3 Å². The number of terminal acetylenes is 1. The van der Waals surface area contributed by atoms with Gasteiger partial charge in [0.1, 0.15) is 5.75 Å². The molecule has 1 aromatic rings. The molecule has 4 nitrogen and oxygen atoms in total. The molecule has 0 spiro atoms.